The number of rotatable bonds is 6. The van der Waals surface area contributed by atoms with Crippen molar-refractivity contribution in [3.8, 4) is 0 Å². The number of aryl methyl sites for hydroxylation is 5. The van der Waals surface area contributed by atoms with Gasteiger partial charge in [-0.25, -0.2) is 0 Å². The molecule has 0 fully saturated rings. The van der Waals surface area contributed by atoms with Crippen molar-refractivity contribution in [1.29, 1.82) is 0 Å². The fraction of sp³-hybridized carbons (Fsp3) is 0.690. The Morgan fingerprint density at radius 3 is 0.741 bits per heavy atom. The first-order chi connectivity index (χ1) is 26.5. The minimum atomic E-state index is 0. The van der Waals surface area contributed by atoms with Crippen molar-refractivity contribution in [2.45, 2.75) is 245 Å². The molecule has 3 aromatic rings. The maximum Gasteiger partial charge on any atom is -0.0307 e. The summed E-state index contributed by atoms with van der Waals surface area (Å²) in [4.78, 5) is 0. The van der Waals surface area contributed by atoms with Crippen LogP contribution in [0.1, 0.15) is 239 Å². The van der Waals surface area contributed by atoms with E-state index >= 15 is 0 Å². The van der Waals surface area contributed by atoms with Crippen molar-refractivity contribution in [2.24, 2.45) is 23.2 Å². The second-order valence-electron chi connectivity index (χ2n) is 17.5. The van der Waals surface area contributed by atoms with Crippen molar-refractivity contribution >= 4 is 0 Å². The molecule has 0 atom stereocenters. The van der Waals surface area contributed by atoms with Crippen LogP contribution in [0.3, 0.4) is 0 Å². The molecular formula is C58H116. The number of unbranched alkanes of at least 4 members (excludes halogenated alkanes) is 3. The molecule has 0 bridgehead atoms. The average molecular weight is 814 g/mol. The second kappa shape index (κ2) is 63.8. The zero-order chi connectivity index (χ0) is 46.7. The van der Waals surface area contributed by atoms with E-state index in [1.807, 2.05) is 32.0 Å². The van der Waals surface area contributed by atoms with Crippen molar-refractivity contribution < 1.29 is 0 Å². The molecular weight excluding hydrogens is 697 g/mol. The lowest BCUT2D eigenvalue weighted by atomic mass is 10.0. The van der Waals surface area contributed by atoms with Gasteiger partial charge in [-0.3, -0.25) is 0 Å². The van der Waals surface area contributed by atoms with Gasteiger partial charge in [-0.1, -0.05) is 312 Å². The molecule has 0 heterocycles. The van der Waals surface area contributed by atoms with E-state index < -0.39 is 0 Å². The Bertz CT molecular complexity index is 957. The molecule has 58 heavy (non-hydrogen) atoms. The Balaban J connectivity index is -0.0000000664. The summed E-state index contributed by atoms with van der Waals surface area (Å²) in [5.74, 6) is 2.60. The van der Waals surface area contributed by atoms with Crippen LogP contribution in [-0.4, -0.2) is 0 Å². The lowest BCUT2D eigenvalue weighted by Crippen LogP contribution is -1.93. The van der Waals surface area contributed by atoms with Crippen LogP contribution in [-0.2, 0) is 6.42 Å². The monoisotopic (exact) mass is 813 g/mol. The van der Waals surface area contributed by atoms with Crippen LogP contribution in [0.25, 0.3) is 0 Å². The normalized spacial score (nSPS) is 8.78. The van der Waals surface area contributed by atoms with E-state index in [4.69, 9.17) is 0 Å². The van der Waals surface area contributed by atoms with Gasteiger partial charge in [0.1, 0.15) is 0 Å². The maximum atomic E-state index is 2.22. The predicted molar refractivity (Wildman–Crippen MR) is 283 cm³/mol. The van der Waals surface area contributed by atoms with Gasteiger partial charge >= 0.3 is 0 Å². The molecule has 0 N–H and O–H groups in total. The first kappa shape index (κ1) is 76.4. The fourth-order valence-electron chi connectivity index (χ4n) is 2.35. The first-order valence-electron chi connectivity index (χ1n) is 23.6. The fourth-order valence-corrected chi connectivity index (χ4v) is 2.35. The molecule has 3 rings (SSSR count). The Hall–Kier alpha value is -2.34. The summed E-state index contributed by atoms with van der Waals surface area (Å²) in [7, 11) is 0. The summed E-state index contributed by atoms with van der Waals surface area (Å²) < 4.78 is 0. The van der Waals surface area contributed by atoms with E-state index in [9.17, 15) is 0 Å². The highest BCUT2D eigenvalue weighted by molar-refractivity contribution is 5.21. The van der Waals surface area contributed by atoms with E-state index in [1.54, 1.807) is 0 Å². The Labute approximate surface area is 373 Å². The molecule has 3 aromatic carbocycles. The minimum absolute atomic E-state index is 0. The van der Waals surface area contributed by atoms with Crippen LogP contribution in [0.15, 0.2) is 78.9 Å². The highest BCUT2D eigenvalue weighted by atomic mass is 14.0. The molecule has 348 valence electrons. The predicted octanol–water partition coefficient (Wildman–Crippen LogP) is 21.8. The molecule has 0 aliphatic rings. The molecule has 0 heteroatoms. The Kier molecular flexibility index (Phi) is 84.0. The summed E-state index contributed by atoms with van der Waals surface area (Å²) >= 11 is 0. The van der Waals surface area contributed by atoms with Crippen molar-refractivity contribution in [1.82, 2.24) is 0 Å². The van der Waals surface area contributed by atoms with Gasteiger partial charge in [0, 0.05) is 0 Å². The van der Waals surface area contributed by atoms with Gasteiger partial charge in [0.15, 0.2) is 0 Å². The standard InChI is InChI=1S/C9H12.C8H10.C7H8.4C5H12.2C4H10.C3H8.C2H6.CH4/c1-3-9-6-4-8(2)5-7-9;1-7-3-5-8(2)6-4-7;1-7-5-3-2-4-6-7;1-5(2,3)4;2*1-4-5(2)3;1-3-5-4-2;1-4(2)3;1-3-4-2;1-3-2;1-2;/h4-7H,3H2,1-2H3;3-6H,1-2H3;2-6H,1H3;1-4H3;2*5H,4H2,1-3H3;3-5H2,1-2H3;4H,1-3H3;3-4H2,1-2H3;3H2,1-2H3;1-2H3;1H4. The topological polar surface area (TPSA) is 0 Å². The first-order valence-corrected chi connectivity index (χ1v) is 23.6. The molecule has 0 saturated heterocycles. The van der Waals surface area contributed by atoms with Crippen LogP contribution < -0.4 is 0 Å². The third-order valence-electron chi connectivity index (χ3n) is 6.53. The van der Waals surface area contributed by atoms with Crippen LogP contribution in [0, 0.1) is 50.9 Å². The van der Waals surface area contributed by atoms with E-state index in [0.29, 0.717) is 5.41 Å². The molecule has 0 aliphatic carbocycles. The molecule has 0 saturated carbocycles. The summed E-state index contributed by atoms with van der Waals surface area (Å²) in [6, 6.07) is 27.4. The van der Waals surface area contributed by atoms with Gasteiger partial charge in [0.2, 0.25) is 0 Å². The lowest BCUT2D eigenvalue weighted by molar-refractivity contribution is 0.469. The summed E-state index contributed by atoms with van der Waals surface area (Å²) in [5, 5.41) is 0. The SMILES string of the molecule is C.CC.CC(C)(C)C.CC(C)C.CCC.CCC(C)C.CCC(C)C.CCCC.CCCCC.CCc1ccc(C)cc1.Cc1ccc(C)cc1.Cc1ccccc1. The maximum absolute atomic E-state index is 2.22. The molecule has 0 radical (unpaired) electrons. The van der Waals surface area contributed by atoms with E-state index in [-0.39, 0.29) is 7.43 Å². The number of hydrogen-bond acceptors (Lipinski definition) is 0. The summed E-state index contributed by atoms with van der Waals surface area (Å²) in [6.45, 7) is 56.1. The molecule has 0 aromatic heterocycles. The van der Waals surface area contributed by atoms with Gasteiger partial charge in [-0.2, -0.15) is 0 Å². The van der Waals surface area contributed by atoms with Gasteiger partial charge in [0.25, 0.3) is 0 Å². The van der Waals surface area contributed by atoms with Crippen LogP contribution in [0.5, 0.6) is 0 Å². The van der Waals surface area contributed by atoms with Crippen LogP contribution in [0.4, 0.5) is 0 Å². The van der Waals surface area contributed by atoms with Gasteiger partial charge in [-0.05, 0) is 62.8 Å². The zero-order valence-corrected chi connectivity index (χ0v) is 44.6. The number of benzene rings is 3. The third kappa shape index (κ3) is 124. The molecule has 0 amide bonds. The lowest BCUT2D eigenvalue weighted by Gasteiger charge is -2.05. The highest BCUT2D eigenvalue weighted by Gasteiger charge is 1.95. The van der Waals surface area contributed by atoms with Gasteiger partial charge < -0.3 is 0 Å². The summed E-state index contributed by atoms with van der Waals surface area (Å²) in [6.07, 6.45) is 11.7. The van der Waals surface area contributed by atoms with E-state index in [0.717, 1.165) is 24.2 Å². The quantitative estimate of drug-likeness (QED) is 0.233. The zero-order valence-electron chi connectivity index (χ0n) is 44.6. The smallest absolute Gasteiger partial charge is 0.0307 e. The summed E-state index contributed by atoms with van der Waals surface area (Å²) in [5.41, 5.74) is 7.24. The molecule has 0 unspecified atom stereocenters. The second-order valence-corrected chi connectivity index (χ2v) is 17.5. The number of hydrogen-bond donors (Lipinski definition) is 0. The van der Waals surface area contributed by atoms with Crippen molar-refractivity contribution in [2.75, 3.05) is 0 Å². The molecule has 0 aliphatic heterocycles. The minimum Gasteiger partial charge on any atom is -0.0776 e. The van der Waals surface area contributed by atoms with Crippen molar-refractivity contribution in [3.05, 3.63) is 107 Å². The van der Waals surface area contributed by atoms with Crippen LogP contribution in [0.2, 0.25) is 0 Å². The molecule has 0 spiro atoms. The van der Waals surface area contributed by atoms with E-state index in [1.165, 1.54) is 79.2 Å². The van der Waals surface area contributed by atoms with Gasteiger partial charge in [-0.15, -0.1) is 0 Å². The van der Waals surface area contributed by atoms with Crippen molar-refractivity contribution in [3.63, 3.8) is 0 Å². The largest absolute Gasteiger partial charge is 0.0776 e. The van der Waals surface area contributed by atoms with Gasteiger partial charge in [0.05, 0.1) is 0 Å². The highest BCUT2D eigenvalue weighted by Crippen LogP contribution is 2.08. The average Bonchev–Trinajstić information content (AvgIpc) is 3.15. The Morgan fingerprint density at radius 1 is 0.414 bits per heavy atom. The Morgan fingerprint density at radius 2 is 0.621 bits per heavy atom. The molecule has 0 nitrogen and oxygen atoms in total. The third-order valence-corrected chi connectivity index (χ3v) is 6.53. The van der Waals surface area contributed by atoms with Crippen LogP contribution >= 0.6 is 0 Å². The van der Waals surface area contributed by atoms with E-state index in [2.05, 4.69) is 227 Å².